The average molecular weight is 332 g/mol. The van der Waals surface area contributed by atoms with Gasteiger partial charge in [-0.1, -0.05) is 72.8 Å². The molecule has 0 unspecified atom stereocenters. The van der Waals surface area contributed by atoms with Gasteiger partial charge >= 0.3 is 0 Å². The van der Waals surface area contributed by atoms with Crippen LogP contribution in [0.2, 0.25) is 0 Å². The zero-order valence-corrected chi connectivity index (χ0v) is 14.3. The molecule has 0 spiro atoms. The van der Waals surface area contributed by atoms with Gasteiger partial charge in [0, 0.05) is 11.1 Å². The van der Waals surface area contributed by atoms with Gasteiger partial charge < -0.3 is 4.74 Å². The SMILES string of the molecule is CC(=O)c1ccccc1.COc1ccccc1C(=O)c1ccccc1. The minimum absolute atomic E-state index is 0.0157. The number of carbonyl (C=O) groups excluding carboxylic acids is 2. The average Bonchev–Trinajstić information content (AvgIpc) is 2.69. The fourth-order valence-electron chi connectivity index (χ4n) is 2.25. The number of methoxy groups -OCH3 is 1. The van der Waals surface area contributed by atoms with Gasteiger partial charge in [0.25, 0.3) is 0 Å². The minimum Gasteiger partial charge on any atom is -0.496 e. The number of ketones is 2. The van der Waals surface area contributed by atoms with Crippen molar-refractivity contribution in [3.63, 3.8) is 0 Å². The van der Waals surface area contributed by atoms with Crippen LogP contribution in [0.15, 0.2) is 84.9 Å². The smallest absolute Gasteiger partial charge is 0.196 e. The number of hydrogen-bond donors (Lipinski definition) is 0. The molecular weight excluding hydrogens is 312 g/mol. The second-order valence-corrected chi connectivity index (χ2v) is 5.32. The van der Waals surface area contributed by atoms with E-state index < -0.39 is 0 Å². The van der Waals surface area contributed by atoms with Crippen molar-refractivity contribution < 1.29 is 14.3 Å². The summed E-state index contributed by atoms with van der Waals surface area (Å²) in [5.41, 5.74) is 2.04. The molecule has 0 fully saturated rings. The summed E-state index contributed by atoms with van der Waals surface area (Å²) in [5.74, 6) is 0.713. The van der Waals surface area contributed by atoms with Crippen LogP contribution in [0.5, 0.6) is 5.75 Å². The lowest BCUT2D eigenvalue weighted by atomic mass is 10.0. The van der Waals surface area contributed by atoms with E-state index in [1.165, 1.54) is 0 Å². The lowest BCUT2D eigenvalue weighted by Crippen LogP contribution is -2.03. The van der Waals surface area contributed by atoms with E-state index in [9.17, 15) is 9.59 Å². The van der Waals surface area contributed by atoms with Gasteiger partial charge in [-0.05, 0) is 19.1 Å². The maximum atomic E-state index is 12.1. The van der Waals surface area contributed by atoms with E-state index in [0.29, 0.717) is 16.9 Å². The highest BCUT2D eigenvalue weighted by Crippen LogP contribution is 2.20. The number of Topliss-reactive ketones (excluding diaryl/α,β-unsaturated/α-hetero) is 1. The third-order valence-electron chi connectivity index (χ3n) is 3.57. The predicted octanol–water partition coefficient (Wildman–Crippen LogP) is 4.82. The van der Waals surface area contributed by atoms with Gasteiger partial charge in [0.2, 0.25) is 0 Å². The maximum Gasteiger partial charge on any atom is 0.196 e. The summed E-state index contributed by atoms with van der Waals surface area (Å²) in [6.45, 7) is 1.56. The van der Waals surface area contributed by atoms with Gasteiger partial charge in [0.1, 0.15) is 5.75 Å². The summed E-state index contributed by atoms with van der Waals surface area (Å²) in [6, 6.07) is 25.7. The van der Waals surface area contributed by atoms with Crippen LogP contribution in [0, 0.1) is 0 Å². The summed E-state index contributed by atoms with van der Waals surface area (Å²) in [6.07, 6.45) is 0. The molecule has 0 aliphatic carbocycles. The van der Waals surface area contributed by atoms with Gasteiger partial charge in [-0.15, -0.1) is 0 Å². The van der Waals surface area contributed by atoms with E-state index in [-0.39, 0.29) is 11.6 Å². The Hall–Kier alpha value is -3.20. The molecule has 3 heteroatoms. The highest BCUT2D eigenvalue weighted by Gasteiger charge is 2.12. The van der Waals surface area contributed by atoms with E-state index in [1.54, 1.807) is 38.3 Å². The van der Waals surface area contributed by atoms with E-state index in [0.717, 1.165) is 5.56 Å². The fourth-order valence-corrected chi connectivity index (χ4v) is 2.25. The van der Waals surface area contributed by atoms with Gasteiger partial charge in [-0.2, -0.15) is 0 Å². The van der Waals surface area contributed by atoms with Crippen LogP contribution in [-0.4, -0.2) is 18.7 Å². The molecule has 0 radical (unpaired) electrons. The van der Waals surface area contributed by atoms with Crippen molar-refractivity contribution in [1.82, 2.24) is 0 Å². The molecule has 0 amide bonds. The number of para-hydroxylation sites is 1. The van der Waals surface area contributed by atoms with E-state index in [1.807, 2.05) is 60.7 Å². The minimum atomic E-state index is -0.0157. The second-order valence-electron chi connectivity index (χ2n) is 5.32. The zero-order valence-electron chi connectivity index (χ0n) is 14.3. The molecule has 0 saturated carbocycles. The Morgan fingerprint density at radius 2 is 1.16 bits per heavy atom. The topological polar surface area (TPSA) is 43.4 Å². The molecule has 0 heterocycles. The molecule has 0 atom stereocenters. The molecule has 0 aliphatic rings. The van der Waals surface area contributed by atoms with Crippen molar-refractivity contribution in [2.24, 2.45) is 0 Å². The van der Waals surface area contributed by atoms with Crippen molar-refractivity contribution in [2.75, 3.05) is 7.11 Å². The first-order valence-electron chi connectivity index (χ1n) is 7.92. The highest BCUT2D eigenvalue weighted by molar-refractivity contribution is 6.10. The Morgan fingerprint density at radius 1 is 0.680 bits per heavy atom. The number of benzene rings is 3. The molecule has 0 aliphatic heterocycles. The molecule has 3 aromatic carbocycles. The summed E-state index contributed by atoms with van der Waals surface area (Å²) < 4.78 is 5.17. The van der Waals surface area contributed by atoms with Crippen LogP contribution in [-0.2, 0) is 0 Å². The monoisotopic (exact) mass is 332 g/mol. The first-order chi connectivity index (χ1) is 12.1. The molecule has 25 heavy (non-hydrogen) atoms. The maximum absolute atomic E-state index is 12.1. The largest absolute Gasteiger partial charge is 0.496 e. The number of carbonyl (C=O) groups is 2. The lowest BCUT2D eigenvalue weighted by Gasteiger charge is -2.06. The Kier molecular flexibility index (Phi) is 6.66. The predicted molar refractivity (Wildman–Crippen MR) is 99.3 cm³/mol. The van der Waals surface area contributed by atoms with Gasteiger partial charge in [0.05, 0.1) is 12.7 Å². The first-order valence-corrected chi connectivity index (χ1v) is 7.92. The van der Waals surface area contributed by atoms with Crippen LogP contribution < -0.4 is 4.74 Å². The van der Waals surface area contributed by atoms with Crippen LogP contribution in [0.3, 0.4) is 0 Å². The quantitative estimate of drug-likeness (QED) is 0.644. The zero-order chi connectivity index (χ0) is 18.1. The number of ether oxygens (including phenoxy) is 1. The third kappa shape index (κ3) is 5.15. The van der Waals surface area contributed by atoms with Crippen molar-refractivity contribution >= 4 is 11.6 Å². The summed E-state index contributed by atoms with van der Waals surface area (Å²) >= 11 is 0. The molecule has 0 N–H and O–H groups in total. The molecule has 3 rings (SSSR count). The molecule has 3 aromatic rings. The van der Waals surface area contributed by atoms with Gasteiger partial charge in [-0.3, -0.25) is 9.59 Å². The van der Waals surface area contributed by atoms with E-state index in [2.05, 4.69) is 0 Å². The van der Waals surface area contributed by atoms with Crippen LogP contribution >= 0.6 is 0 Å². The molecule has 3 nitrogen and oxygen atoms in total. The normalized spacial score (nSPS) is 9.52. The summed E-state index contributed by atoms with van der Waals surface area (Å²) in [4.78, 5) is 22.8. The molecule has 0 aromatic heterocycles. The van der Waals surface area contributed by atoms with E-state index in [4.69, 9.17) is 4.74 Å². The summed E-state index contributed by atoms with van der Waals surface area (Å²) in [7, 11) is 1.57. The fraction of sp³-hybridized carbons (Fsp3) is 0.0909. The molecule has 126 valence electrons. The Balaban J connectivity index is 0.000000212. The third-order valence-corrected chi connectivity index (χ3v) is 3.57. The Labute approximate surface area is 147 Å². The number of hydrogen-bond acceptors (Lipinski definition) is 3. The summed E-state index contributed by atoms with van der Waals surface area (Å²) in [5, 5.41) is 0. The van der Waals surface area contributed by atoms with Crippen molar-refractivity contribution in [3.05, 3.63) is 102 Å². The molecule has 0 bridgehead atoms. The Bertz CT molecular complexity index is 824. The van der Waals surface area contributed by atoms with Crippen molar-refractivity contribution in [2.45, 2.75) is 6.92 Å². The van der Waals surface area contributed by atoms with Crippen LogP contribution in [0.25, 0.3) is 0 Å². The Morgan fingerprint density at radius 3 is 1.64 bits per heavy atom. The van der Waals surface area contributed by atoms with E-state index >= 15 is 0 Å². The highest BCUT2D eigenvalue weighted by atomic mass is 16.5. The van der Waals surface area contributed by atoms with Crippen molar-refractivity contribution in [3.8, 4) is 5.75 Å². The standard InChI is InChI=1S/C14H12O2.C8H8O/c1-16-13-10-6-5-9-12(13)14(15)11-7-3-2-4-8-11;1-7(9)8-5-3-2-4-6-8/h2-10H,1H3;2-6H,1H3. The first kappa shape index (κ1) is 18.1. The van der Waals surface area contributed by atoms with Crippen molar-refractivity contribution in [1.29, 1.82) is 0 Å². The van der Waals surface area contributed by atoms with Gasteiger partial charge in [0.15, 0.2) is 11.6 Å². The van der Waals surface area contributed by atoms with Gasteiger partial charge in [-0.25, -0.2) is 0 Å². The second kappa shape index (κ2) is 9.18. The molecular formula is C22H20O3. The van der Waals surface area contributed by atoms with Crippen LogP contribution in [0.1, 0.15) is 33.2 Å². The lowest BCUT2D eigenvalue weighted by molar-refractivity contribution is 0.101. The number of rotatable bonds is 4. The van der Waals surface area contributed by atoms with Crippen LogP contribution in [0.4, 0.5) is 0 Å². The molecule has 0 saturated heterocycles.